The number of ether oxygens (including phenoxy) is 1. The van der Waals surface area contributed by atoms with Crippen molar-refractivity contribution in [1.82, 2.24) is 9.97 Å². The van der Waals surface area contributed by atoms with Gasteiger partial charge in [-0.05, 0) is 37.0 Å². The van der Waals surface area contributed by atoms with Gasteiger partial charge in [0.2, 0.25) is 5.91 Å². The summed E-state index contributed by atoms with van der Waals surface area (Å²) in [4.78, 5) is 20.9. The molecule has 1 saturated heterocycles. The zero-order valence-corrected chi connectivity index (χ0v) is 16.3. The second-order valence-electron chi connectivity index (χ2n) is 6.47. The molecule has 1 unspecified atom stereocenters. The van der Waals surface area contributed by atoms with Gasteiger partial charge in [-0.25, -0.2) is 13.4 Å². The summed E-state index contributed by atoms with van der Waals surface area (Å²) < 4.78 is 29.3. The lowest BCUT2D eigenvalue weighted by Crippen LogP contribution is -2.25. The van der Waals surface area contributed by atoms with Crippen LogP contribution in [0.5, 0.6) is 0 Å². The highest BCUT2D eigenvalue weighted by molar-refractivity contribution is 7.90. The Hall–Kier alpha value is -2.03. The quantitative estimate of drug-likeness (QED) is 0.787. The average molecular weight is 410 g/mol. The van der Waals surface area contributed by atoms with Crippen LogP contribution in [0.3, 0.4) is 0 Å². The molecule has 0 aliphatic carbocycles. The topological polar surface area (TPSA) is 98.2 Å². The minimum absolute atomic E-state index is 0.0315. The van der Waals surface area contributed by atoms with E-state index >= 15 is 0 Å². The highest BCUT2D eigenvalue weighted by atomic mass is 35.5. The predicted molar refractivity (Wildman–Crippen MR) is 102 cm³/mol. The molecule has 0 bridgehead atoms. The van der Waals surface area contributed by atoms with Gasteiger partial charge in [0.25, 0.3) is 0 Å². The minimum atomic E-state index is -3.44. The van der Waals surface area contributed by atoms with Gasteiger partial charge in [-0.15, -0.1) is 0 Å². The lowest BCUT2D eigenvalue weighted by Gasteiger charge is -2.21. The average Bonchev–Trinajstić information content (AvgIpc) is 3.12. The molecule has 0 spiro atoms. The largest absolute Gasteiger partial charge is 0.378 e. The van der Waals surface area contributed by atoms with Gasteiger partial charge in [0, 0.05) is 25.3 Å². The van der Waals surface area contributed by atoms with E-state index in [2.05, 4.69) is 15.3 Å². The van der Waals surface area contributed by atoms with Crippen molar-refractivity contribution in [2.24, 2.45) is 0 Å². The third-order valence-corrected chi connectivity index (χ3v) is 5.99. The van der Waals surface area contributed by atoms with Crippen molar-refractivity contribution in [2.75, 3.05) is 18.2 Å². The summed E-state index contributed by atoms with van der Waals surface area (Å²) in [5, 5.41) is 2.85. The van der Waals surface area contributed by atoms with E-state index in [1.54, 1.807) is 6.07 Å². The molecule has 1 aromatic carbocycles. The van der Waals surface area contributed by atoms with Crippen molar-refractivity contribution in [3.8, 4) is 0 Å². The molecule has 1 N–H and O–H groups in total. The summed E-state index contributed by atoms with van der Waals surface area (Å²) >= 11 is 6.18. The highest BCUT2D eigenvalue weighted by Gasteiger charge is 2.28. The van der Waals surface area contributed by atoms with Crippen molar-refractivity contribution in [1.29, 1.82) is 0 Å². The smallest absolute Gasteiger partial charge is 0.233 e. The fraction of sp³-hybridized carbons (Fsp3) is 0.389. The number of carbonyl (C=O) groups is 1. The SMILES string of the molecule is CS(=O)(=O)c1ccc(C(C[C@H]2CCCO2)C(=O)Nc2cnccn2)cc1Cl. The number of sulfone groups is 1. The number of nitrogens with zero attached hydrogens (tertiary/aromatic N) is 2. The van der Waals surface area contributed by atoms with Crippen LogP contribution in [-0.4, -0.2) is 43.3 Å². The van der Waals surface area contributed by atoms with Gasteiger partial charge in [0.05, 0.1) is 28.1 Å². The summed E-state index contributed by atoms with van der Waals surface area (Å²) in [5.74, 6) is -0.478. The van der Waals surface area contributed by atoms with E-state index in [1.165, 1.54) is 30.7 Å². The van der Waals surface area contributed by atoms with Crippen LogP contribution in [0.1, 0.15) is 30.7 Å². The molecule has 27 heavy (non-hydrogen) atoms. The van der Waals surface area contributed by atoms with Gasteiger partial charge in [-0.3, -0.25) is 9.78 Å². The zero-order chi connectivity index (χ0) is 19.4. The van der Waals surface area contributed by atoms with E-state index in [0.29, 0.717) is 24.4 Å². The third kappa shape index (κ3) is 5.03. The number of anilines is 1. The van der Waals surface area contributed by atoms with Crippen molar-refractivity contribution in [2.45, 2.75) is 36.2 Å². The van der Waals surface area contributed by atoms with Crippen LogP contribution in [-0.2, 0) is 19.4 Å². The van der Waals surface area contributed by atoms with Crippen LogP contribution in [0.25, 0.3) is 0 Å². The maximum atomic E-state index is 12.9. The molecule has 2 heterocycles. The fourth-order valence-electron chi connectivity index (χ4n) is 3.10. The van der Waals surface area contributed by atoms with Crippen molar-refractivity contribution in [3.63, 3.8) is 0 Å². The van der Waals surface area contributed by atoms with E-state index in [4.69, 9.17) is 16.3 Å². The van der Waals surface area contributed by atoms with Gasteiger partial charge >= 0.3 is 0 Å². The molecule has 1 aromatic heterocycles. The van der Waals surface area contributed by atoms with Crippen LogP contribution >= 0.6 is 11.6 Å². The lowest BCUT2D eigenvalue weighted by atomic mass is 9.91. The first kappa shape index (κ1) is 19.7. The Bertz CT molecular complexity index is 915. The van der Waals surface area contributed by atoms with Gasteiger partial charge in [0.1, 0.15) is 0 Å². The Morgan fingerprint density at radius 1 is 1.41 bits per heavy atom. The molecule has 1 aliphatic heterocycles. The fourth-order valence-corrected chi connectivity index (χ4v) is 4.44. The summed E-state index contributed by atoms with van der Waals surface area (Å²) in [6.07, 6.45) is 7.84. The number of amides is 1. The van der Waals surface area contributed by atoms with Crippen LogP contribution < -0.4 is 5.32 Å². The number of aromatic nitrogens is 2. The molecule has 7 nitrogen and oxygen atoms in total. The summed E-state index contributed by atoms with van der Waals surface area (Å²) in [6.45, 7) is 0.678. The molecule has 144 valence electrons. The van der Waals surface area contributed by atoms with E-state index in [0.717, 1.165) is 19.1 Å². The number of rotatable bonds is 6. The predicted octanol–water partition coefficient (Wildman–Crippen LogP) is 2.82. The number of hydrogen-bond donors (Lipinski definition) is 1. The summed E-state index contributed by atoms with van der Waals surface area (Å²) in [6, 6.07) is 4.59. The number of carbonyl (C=O) groups excluding carboxylic acids is 1. The molecular formula is C18H20ClN3O4S. The lowest BCUT2D eigenvalue weighted by molar-refractivity contribution is -0.118. The molecule has 1 aliphatic rings. The Morgan fingerprint density at radius 3 is 2.81 bits per heavy atom. The van der Waals surface area contributed by atoms with E-state index in [9.17, 15) is 13.2 Å². The highest BCUT2D eigenvalue weighted by Crippen LogP contribution is 2.32. The second kappa shape index (κ2) is 8.33. The van der Waals surface area contributed by atoms with Crippen LogP contribution in [0, 0.1) is 0 Å². The monoisotopic (exact) mass is 409 g/mol. The van der Waals surface area contributed by atoms with Crippen molar-refractivity contribution in [3.05, 3.63) is 47.4 Å². The summed E-state index contributed by atoms with van der Waals surface area (Å²) in [5.41, 5.74) is 0.629. The zero-order valence-electron chi connectivity index (χ0n) is 14.8. The van der Waals surface area contributed by atoms with Gasteiger partial charge in [-0.1, -0.05) is 17.7 Å². The van der Waals surface area contributed by atoms with E-state index in [1.807, 2.05) is 0 Å². The summed E-state index contributed by atoms with van der Waals surface area (Å²) in [7, 11) is -3.44. The Balaban J connectivity index is 1.89. The standard InChI is InChI=1S/C18H20ClN3O4S/c1-27(24,25)16-5-4-12(9-15(16)19)14(10-13-3-2-8-26-13)18(23)22-17-11-20-6-7-21-17/h4-7,9,11,13-14H,2-3,8,10H2,1H3,(H,21,22,23)/t13-,14?/m1/s1. The first-order chi connectivity index (χ1) is 12.8. The number of benzene rings is 1. The van der Waals surface area contributed by atoms with Gasteiger partial charge in [-0.2, -0.15) is 0 Å². The van der Waals surface area contributed by atoms with Crippen molar-refractivity contribution >= 4 is 33.2 Å². The molecule has 2 aromatic rings. The van der Waals surface area contributed by atoms with E-state index < -0.39 is 15.8 Å². The van der Waals surface area contributed by atoms with Crippen LogP contribution in [0.4, 0.5) is 5.82 Å². The number of nitrogens with one attached hydrogen (secondary N) is 1. The number of halogens is 1. The van der Waals surface area contributed by atoms with Crippen LogP contribution in [0.15, 0.2) is 41.7 Å². The first-order valence-electron chi connectivity index (χ1n) is 8.52. The Kier molecular flexibility index (Phi) is 6.08. The first-order valence-corrected chi connectivity index (χ1v) is 10.8. The Labute approximate surface area is 163 Å². The molecule has 1 fully saturated rings. The molecule has 1 amide bonds. The van der Waals surface area contributed by atoms with Crippen molar-refractivity contribution < 1.29 is 17.9 Å². The van der Waals surface area contributed by atoms with Gasteiger partial charge < -0.3 is 10.1 Å². The van der Waals surface area contributed by atoms with E-state index in [-0.39, 0.29) is 21.9 Å². The molecule has 9 heteroatoms. The molecular weight excluding hydrogens is 390 g/mol. The molecule has 0 saturated carbocycles. The normalized spacial score (nSPS) is 18.2. The molecule has 3 rings (SSSR count). The Morgan fingerprint density at radius 2 is 2.22 bits per heavy atom. The third-order valence-electron chi connectivity index (χ3n) is 4.41. The second-order valence-corrected chi connectivity index (χ2v) is 8.86. The molecule has 0 radical (unpaired) electrons. The maximum absolute atomic E-state index is 12.9. The van der Waals surface area contributed by atoms with Crippen LogP contribution in [0.2, 0.25) is 5.02 Å². The van der Waals surface area contributed by atoms with Gasteiger partial charge in [0.15, 0.2) is 15.7 Å². The maximum Gasteiger partial charge on any atom is 0.233 e. The molecule has 2 atom stereocenters. The minimum Gasteiger partial charge on any atom is -0.378 e. The number of hydrogen-bond acceptors (Lipinski definition) is 6.